The molecule has 102 valence electrons. The van der Waals surface area contributed by atoms with Gasteiger partial charge in [0.1, 0.15) is 5.76 Å². The highest BCUT2D eigenvalue weighted by molar-refractivity contribution is 4.98. The van der Waals surface area contributed by atoms with Crippen molar-refractivity contribution in [2.75, 3.05) is 13.1 Å². The lowest BCUT2D eigenvalue weighted by atomic mass is 10.0. The Hall–Kier alpha value is -1.02. The number of hydrogen-bond acceptors (Lipinski definition) is 2. The van der Waals surface area contributed by atoms with Crippen LogP contribution in [0.15, 0.2) is 34.5 Å². The monoisotopic (exact) mass is 249 g/mol. The Morgan fingerprint density at radius 3 is 2.83 bits per heavy atom. The van der Waals surface area contributed by atoms with E-state index in [2.05, 4.69) is 32.2 Å². The van der Waals surface area contributed by atoms with Gasteiger partial charge in [0.05, 0.1) is 6.26 Å². The summed E-state index contributed by atoms with van der Waals surface area (Å²) in [5, 5.41) is 3.48. The minimum atomic E-state index is 0.803. The summed E-state index contributed by atoms with van der Waals surface area (Å²) in [5.74, 6) is 1.87. The molecule has 1 N–H and O–H groups in total. The maximum Gasteiger partial charge on any atom is 0.105 e. The predicted molar refractivity (Wildman–Crippen MR) is 77.7 cm³/mol. The number of furan rings is 1. The first kappa shape index (κ1) is 15.0. The molecular formula is C16H27NO. The zero-order valence-corrected chi connectivity index (χ0v) is 12.0. The van der Waals surface area contributed by atoms with Gasteiger partial charge in [0, 0.05) is 13.0 Å². The molecule has 0 unspecified atom stereocenters. The summed E-state index contributed by atoms with van der Waals surface area (Å²) in [6.45, 7) is 8.79. The quantitative estimate of drug-likeness (QED) is 0.524. The van der Waals surface area contributed by atoms with E-state index in [-0.39, 0.29) is 0 Å². The van der Waals surface area contributed by atoms with Crippen LogP contribution < -0.4 is 5.32 Å². The molecule has 0 saturated carbocycles. The fourth-order valence-corrected chi connectivity index (χ4v) is 1.94. The molecule has 0 radical (unpaired) electrons. The van der Waals surface area contributed by atoms with E-state index in [0.29, 0.717) is 0 Å². The van der Waals surface area contributed by atoms with E-state index in [1.807, 2.05) is 12.1 Å². The van der Waals surface area contributed by atoms with Crippen molar-refractivity contribution in [1.82, 2.24) is 5.32 Å². The van der Waals surface area contributed by atoms with Crippen LogP contribution in [-0.4, -0.2) is 13.1 Å². The molecule has 0 amide bonds. The van der Waals surface area contributed by atoms with Crippen molar-refractivity contribution in [3.8, 4) is 0 Å². The summed E-state index contributed by atoms with van der Waals surface area (Å²) in [4.78, 5) is 0. The van der Waals surface area contributed by atoms with Gasteiger partial charge < -0.3 is 9.73 Å². The van der Waals surface area contributed by atoms with E-state index in [4.69, 9.17) is 4.42 Å². The van der Waals surface area contributed by atoms with Crippen molar-refractivity contribution in [1.29, 1.82) is 0 Å². The van der Waals surface area contributed by atoms with Crippen molar-refractivity contribution in [3.63, 3.8) is 0 Å². The van der Waals surface area contributed by atoms with Crippen molar-refractivity contribution >= 4 is 0 Å². The second-order valence-corrected chi connectivity index (χ2v) is 5.33. The minimum absolute atomic E-state index is 0.803. The molecule has 0 aliphatic rings. The smallest absolute Gasteiger partial charge is 0.105 e. The summed E-state index contributed by atoms with van der Waals surface area (Å²) in [6.07, 6.45) is 8.83. The molecule has 0 fully saturated rings. The number of rotatable bonds is 9. The molecule has 1 rings (SSSR count). The lowest BCUT2D eigenvalue weighted by Gasteiger charge is -2.10. The average molecular weight is 249 g/mol. The molecule has 0 aliphatic carbocycles. The van der Waals surface area contributed by atoms with Gasteiger partial charge in [0.2, 0.25) is 0 Å². The van der Waals surface area contributed by atoms with Gasteiger partial charge in [0.15, 0.2) is 0 Å². The molecule has 0 bridgehead atoms. The maximum atomic E-state index is 5.29. The molecule has 0 spiro atoms. The van der Waals surface area contributed by atoms with Crippen molar-refractivity contribution in [2.45, 2.75) is 46.5 Å². The first-order valence-electron chi connectivity index (χ1n) is 7.05. The van der Waals surface area contributed by atoms with E-state index < -0.39 is 0 Å². The van der Waals surface area contributed by atoms with Crippen molar-refractivity contribution < 1.29 is 4.42 Å². The van der Waals surface area contributed by atoms with Crippen LogP contribution >= 0.6 is 0 Å². The molecule has 0 aliphatic heterocycles. The van der Waals surface area contributed by atoms with Crippen LogP contribution in [0.5, 0.6) is 0 Å². The molecule has 0 aromatic carbocycles. The second-order valence-electron chi connectivity index (χ2n) is 5.33. The largest absolute Gasteiger partial charge is 0.469 e. The van der Waals surface area contributed by atoms with Gasteiger partial charge in [0.25, 0.3) is 0 Å². The number of nitrogens with one attached hydrogen (secondary N) is 1. The standard InChI is InChI=1S/C16H27NO/c1-14(2)6-4-7-15(3)9-11-17-12-10-16-8-5-13-18-16/h5-6,8,13,15,17H,4,7,9-12H2,1-3H3/t15-/m1/s1. The highest BCUT2D eigenvalue weighted by Gasteiger charge is 2.01. The zero-order chi connectivity index (χ0) is 13.2. The van der Waals surface area contributed by atoms with Gasteiger partial charge in [-0.25, -0.2) is 0 Å². The second kappa shape index (κ2) is 8.98. The molecule has 1 atom stereocenters. The van der Waals surface area contributed by atoms with Crippen LogP contribution in [0.1, 0.15) is 45.8 Å². The number of allylic oxidation sites excluding steroid dienone is 2. The number of hydrogen-bond donors (Lipinski definition) is 1. The summed E-state index contributed by atoms with van der Waals surface area (Å²) in [6, 6.07) is 3.98. The SMILES string of the molecule is CC(C)=CCC[C@@H](C)CCNCCc1ccco1. The maximum absolute atomic E-state index is 5.29. The van der Waals surface area contributed by atoms with Gasteiger partial charge in [-0.05, 0) is 57.7 Å². The molecule has 18 heavy (non-hydrogen) atoms. The van der Waals surface area contributed by atoms with E-state index in [0.717, 1.165) is 31.2 Å². The molecule has 1 aromatic heterocycles. The Bertz CT molecular complexity index is 323. The first-order chi connectivity index (χ1) is 8.68. The molecule has 1 heterocycles. The summed E-state index contributed by atoms with van der Waals surface area (Å²) < 4.78 is 5.29. The van der Waals surface area contributed by atoms with Crippen LogP contribution in [0.4, 0.5) is 0 Å². The van der Waals surface area contributed by atoms with Crippen LogP contribution in [0.2, 0.25) is 0 Å². The minimum Gasteiger partial charge on any atom is -0.469 e. The van der Waals surface area contributed by atoms with Crippen molar-refractivity contribution in [2.24, 2.45) is 5.92 Å². The van der Waals surface area contributed by atoms with Crippen LogP contribution in [0.3, 0.4) is 0 Å². The third-order valence-corrected chi connectivity index (χ3v) is 3.15. The third-order valence-electron chi connectivity index (χ3n) is 3.15. The third kappa shape index (κ3) is 7.33. The van der Waals surface area contributed by atoms with Crippen LogP contribution in [-0.2, 0) is 6.42 Å². The topological polar surface area (TPSA) is 25.2 Å². The van der Waals surface area contributed by atoms with Gasteiger partial charge >= 0.3 is 0 Å². The zero-order valence-electron chi connectivity index (χ0n) is 12.0. The molecule has 2 nitrogen and oxygen atoms in total. The fourth-order valence-electron chi connectivity index (χ4n) is 1.94. The lowest BCUT2D eigenvalue weighted by molar-refractivity contribution is 0.462. The van der Waals surface area contributed by atoms with Gasteiger partial charge in [-0.2, -0.15) is 0 Å². The van der Waals surface area contributed by atoms with Crippen LogP contribution in [0, 0.1) is 5.92 Å². The van der Waals surface area contributed by atoms with Gasteiger partial charge in [-0.3, -0.25) is 0 Å². The first-order valence-corrected chi connectivity index (χ1v) is 7.05. The van der Waals surface area contributed by atoms with Crippen LogP contribution in [0.25, 0.3) is 0 Å². The predicted octanol–water partition coefficient (Wildman–Crippen LogP) is 4.18. The Morgan fingerprint density at radius 2 is 2.17 bits per heavy atom. The average Bonchev–Trinajstić information content (AvgIpc) is 2.81. The summed E-state index contributed by atoms with van der Waals surface area (Å²) >= 11 is 0. The van der Waals surface area contributed by atoms with E-state index in [1.54, 1.807) is 6.26 Å². The Morgan fingerprint density at radius 1 is 1.33 bits per heavy atom. The van der Waals surface area contributed by atoms with Crippen molar-refractivity contribution in [3.05, 3.63) is 35.8 Å². The summed E-state index contributed by atoms with van der Waals surface area (Å²) in [5.41, 5.74) is 1.43. The molecular weight excluding hydrogens is 222 g/mol. The Balaban J connectivity index is 1.95. The molecule has 2 heteroatoms. The summed E-state index contributed by atoms with van der Waals surface area (Å²) in [7, 11) is 0. The van der Waals surface area contributed by atoms with Gasteiger partial charge in [-0.1, -0.05) is 18.6 Å². The molecule has 0 saturated heterocycles. The lowest BCUT2D eigenvalue weighted by Crippen LogP contribution is -2.20. The highest BCUT2D eigenvalue weighted by Crippen LogP contribution is 2.11. The van der Waals surface area contributed by atoms with E-state index in [9.17, 15) is 0 Å². The molecule has 1 aromatic rings. The normalized spacial score (nSPS) is 12.4. The van der Waals surface area contributed by atoms with Gasteiger partial charge in [-0.15, -0.1) is 0 Å². The van der Waals surface area contributed by atoms with E-state index >= 15 is 0 Å². The Kier molecular flexibility index (Phi) is 7.51. The van der Waals surface area contributed by atoms with E-state index in [1.165, 1.54) is 24.8 Å². The Labute approximate surface area is 111 Å². The fraction of sp³-hybridized carbons (Fsp3) is 0.625. The highest BCUT2D eigenvalue weighted by atomic mass is 16.3.